The van der Waals surface area contributed by atoms with Crippen molar-refractivity contribution in [2.75, 3.05) is 10.5 Å². The molecule has 0 amide bonds. The molecule has 0 spiro atoms. The predicted octanol–water partition coefficient (Wildman–Crippen LogP) is 1.53. The highest BCUT2D eigenvalue weighted by Gasteiger charge is 2.16. The van der Waals surface area contributed by atoms with Crippen LogP contribution in [0.5, 0.6) is 0 Å². The SMILES string of the molecule is Nc1csc(S(=O)(=O)Nc2ccccn2)c1. The van der Waals surface area contributed by atoms with Crippen LogP contribution in [0.4, 0.5) is 11.5 Å². The minimum Gasteiger partial charge on any atom is -0.398 e. The first-order chi connectivity index (χ1) is 7.58. The van der Waals surface area contributed by atoms with Crippen LogP contribution in [0, 0.1) is 0 Å². The smallest absolute Gasteiger partial charge is 0.272 e. The average Bonchev–Trinajstić information content (AvgIpc) is 2.66. The molecular formula is C9H9N3O2S2. The second-order valence-corrected chi connectivity index (χ2v) is 5.84. The van der Waals surface area contributed by atoms with E-state index < -0.39 is 10.0 Å². The van der Waals surface area contributed by atoms with E-state index in [1.807, 2.05) is 0 Å². The average molecular weight is 255 g/mol. The Morgan fingerprint density at radius 1 is 1.38 bits per heavy atom. The number of rotatable bonds is 3. The summed E-state index contributed by atoms with van der Waals surface area (Å²) in [4.78, 5) is 3.88. The summed E-state index contributed by atoms with van der Waals surface area (Å²) in [7, 11) is -3.57. The molecule has 0 aliphatic rings. The number of aromatic nitrogens is 1. The number of thiophene rings is 1. The molecule has 0 aliphatic heterocycles. The number of nitrogen functional groups attached to an aromatic ring is 1. The van der Waals surface area contributed by atoms with Crippen LogP contribution in [0.2, 0.25) is 0 Å². The first-order valence-electron chi connectivity index (χ1n) is 4.36. The third kappa shape index (κ3) is 2.31. The van der Waals surface area contributed by atoms with Gasteiger partial charge in [0.15, 0.2) is 0 Å². The molecule has 0 fully saturated rings. The summed E-state index contributed by atoms with van der Waals surface area (Å²) in [6.45, 7) is 0. The summed E-state index contributed by atoms with van der Waals surface area (Å²) < 4.78 is 26.2. The van der Waals surface area contributed by atoms with Crippen LogP contribution in [-0.2, 0) is 10.0 Å². The van der Waals surface area contributed by atoms with Crippen LogP contribution >= 0.6 is 11.3 Å². The Bertz CT molecular complexity index is 578. The predicted molar refractivity (Wildman–Crippen MR) is 63.8 cm³/mol. The van der Waals surface area contributed by atoms with Crippen LogP contribution in [0.25, 0.3) is 0 Å². The van der Waals surface area contributed by atoms with Gasteiger partial charge in [0, 0.05) is 17.3 Å². The van der Waals surface area contributed by atoms with Crippen molar-refractivity contribution in [2.45, 2.75) is 4.21 Å². The molecule has 2 heterocycles. The fourth-order valence-corrected chi connectivity index (χ4v) is 3.17. The van der Waals surface area contributed by atoms with E-state index in [-0.39, 0.29) is 10.0 Å². The lowest BCUT2D eigenvalue weighted by molar-refractivity contribution is 0.603. The van der Waals surface area contributed by atoms with Gasteiger partial charge in [-0.15, -0.1) is 11.3 Å². The van der Waals surface area contributed by atoms with Crippen molar-refractivity contribution in [1.82, 2.24) is 4.98 Å². The Hall–Kier alpha value is -1.60. The Morgan fingerprint density at radius 2 is 2.19 bits per heavy atom. The molecule has 2 aromatic heterocycles. The fraction of sp³-hybridized carbons (Fsp3) is 0. The maximum absolute atomic E-state index is 11.8. The molecule has 5 nitrogen and oxygen atoms in total. The Kier molecular flexibility index (Phi) is 2.80. The van der Waals surface area contributed by atoms with Gasteiger partial charge < -0.3 is 5.73 Å². The van der Waals surface area contributed by atoms with E-state index in [1.165, 1.54) is 12.3 Å². The lowest BCUT2D eigenvalue weighted by Gasteiger charge is -2.03. The molecule has 0 saturated carbocycles. The normalized spacial score (nSPS) is 11.2. The van der Waals surface area contributed by atoms with E-state index in [2.05, 4.69) is 9.71 Å². The minimum absolute atomic E-state index is 0.177. The summed E-state index contributed by atoms with van der Waals surface area (Å²) in [6, 6.07) is 6.40. The Morgan fingerprint density at radius 3 is 2.75 bits per heavy atom. The highest BCUT2D eigenvalue weighted by molar-refractivity contribution is 7.94. The maximum Gasteiger partial charge on any atom is 0.272 e. The molecule has 0 saturated heterocycles. The van der Waals surface area contributed by atoms with E-state index in [4.69, 9.17) is 5.73 Å². The zero-order valence-corrected chi connectivity index (χ0v) is 9.75. The van der Waals surface area contributed by atoms with Gasteiger partial charge in [-0.1, -0.05) is 6.07 Å². The van der Waals surface area contributed by atoms with Crippen LogP contribution in [0.15, 0.2) is 40.1 Å². The van der Waals surface area contributed by atoms with E-state index in [1.54, 1.807) is 23.6 Å². The van der Waals surface area contributed by atoms with E-state index >= 15 is 0 Å². The van der Waals surface area contributed by atoms with Crippen molar-refractivity contribution in [3.8, 4) is 0 Å². The standard InChI is InChI=1S/C9H9N3O2S2/c10-7-5-9(15-6-7)16(13,14)12-8-3-1-2-4-11-8/h1-6H,10H2,(H,11,12). The Balaban J connectivity index is 2.28. The first kappa shape index (κ1) is 10.9. The zero-order chi connectivity index (χ0) is 11.6. The Labute approximate surface area is 97.0 Å². The largest absolute Gasteiger partial charge is 0.398 e. The van der Waals surface area contributed by atoms with Crippen molar-refractivity contribution in [2.24, 2.45) is 0 Å². The van der Waals surface area contributed by atoms with Crippen LogP contribution in [0.1, 0.15) is 0 Å². The van der Waals surface area contributed by atoms with Crippen molar-refractivity contribution in [3.63, 3.8) is 0 Å². The van der Waals surface area contributed by atoms with Crippen molar-refractivity contribution in [1.29, 1.82) is 0 Å². The number of pyridine rings is 1. The van der Waals surface area contributed by atoms with Gasteiger partial charge in [-0.05, 0) is 18.2 Å². The van der Waals surface area contributed by atoms with E-state index in [0.717, 1.165) is 11.3 Å². The highest BCUT2D eigenvalue weighted by Crippen LogP contribution is 2.23. The maximum atomic E-state index is 11.8. The third-order valence-electron chi connectivity index (χ3n) is 1.76. The molecule has 7 heteroatoms. The first-order valence-corrected chi connectivity index (χ1v) is 6.72. The molecule has 84 valence electrons. The second kappa shape index (κ2) is 4.11. The molecule has 16 heavy (non-hydrogen) atoms. The summed E-state index contributed by atoms with van der Waals surface area (Å²) in [5.41, 5.74) is 5.91. The number of nitrogens with zero attached hydrogens (tertiary/aromatic N) is 1. The van der Waals surface area contributed by atoms with Gasteiger partial charge in [0.1, 0.15) is 10.0 Å². The zero-order valence-electron chi connectivity index (χ0n) is 8.12. The topological polar surface area (TPSA) is 85.1 Å². The molecule has 0 bridgehead atoms. The molecule has 0 aliphatic carbocycles. The highest BCUT2D eigenvalue weighted by atomic mass is 32.2. The summed E-state index contributed by atoms with van der Waals surface area (Å²) >= 11 is 1.07. The number of nitrogens with two attached hydrogens (primary N) is 1. The molecule has 0 radical (unpaired) electrons. The van der Waals surface area contributed by atoms with Gasteiger partial charge >= 0.3 is 0 Å². The van der Waals surface area contributed by atoms with Gasteiger partial charge in [-0.3, -0.25) is 4.72 Å². The molecule has 2 rings (SSSR count). The number of nitrogens with one attached hydrogen (secondary N) is 1. The van der Waals surface area contributed by atoms with E-state index in [9.17, 15) is 8.42 Å². The quantitative estimate of drug-likeness (QED) is 0.871. The van der Waals surface area contributed by atoms with Crippen molar-refractivity contribution < 1.29 is 8.42 Å². The van der Waals surface area contributed by atoms with Crippen LogP contribution < -0.4 is 10.5 Å². The number of hydrogen-bond donors (Lipinski definition) is 2. The van der Waals surface area contributed by atoms with Gasteiger partial charge in [-0.2, -0.15) is 0 Å². The molecule has 2 aromatic rings. The van der Waals surface area contributed by atoms with Crippen molar-refractivity contribution in [3.05, 3.63) is 35.8 Å². The lowest BCUT2D eigenvalue weighted by Crippen LogP contribution is -2.12. The second-order valence-electron chi connectivity index (χ2n) is 3.02. The lowest BCUT2D eigenvalue weighted by atomic mass is 10.5. The summed E-state index contributed by atoms with van der Waals surface area (Å²) in [5.74, 6) is 0.287. The number of anilines is 2. The monoisotopic (exact) mass is 255 g/mol. The molecule has 0 unspecified atom stereocenters. The molecule has 0 aromatic carbocycles. The third-order valence-corrected chi connectivity index (χ3v) is 4.58. The van der Waals surface area contributed by atoms with Gasteiger partial charge in [0.2, 0.25) is 0 Å². The van der Waals surface area contributed by atoms with Crippen molar-refractivity contribution >= 4 is 32.9 Å². The van der Waals surface area contributed by atoms with Crippen LogP contribution in [0.3, 0.4) is 0 Å². The molecule has 0 atom stereocenters. The number of hydrogen-bond acceptors (Lipinski definition) is 5. The fourth-order valence-electron chi connectivity index (χ4n) is 1.08. The molecular weight excluding hydrogens is 246 g/mol. The van der Waals surface area contributed by atoms with Crippen LogP contribution in [-0.4, -0.2) is 13.4 Å². The van der Waals surface area contributed by atoms with Gasteiger partial charge in [-0.25, -0.2) is 13.4 Å². The van der Waals surface area contributed by atoms with Gasteiger partial charge in [0.05, 0.1) is 0 Å². The summed E-state index contributed by atoms with van der Waals surface area (Å²) in [6.07, 6.45) is 1.51. The minimum atomic E-state index is -3.57. The number of sulfonamides is 1. The summed E-state index contributed by atoms with van der Waals surface area (Å²) in [5, 5.41) is 1.58. The molecule has 3 N–H and O–H groups in total. The van der Waals surface area contributed by atoms with Gasteiger partial charge in [0.25, 0.3) is 10.0 Å². The van der Waals surface area contributed by atoms with E-state index in [0.29, 0.717) is 5.69 Å².